The van der Waals surface area contributed by atoms with Crippen molar-refractivity contribution in [1.29, 1.82) is 0 Å². The minimum absolute atomic E-state index is 0.730. The Kier molecular flexibility index (Phi) is 13.1. The Hall–Kier alpha value is -2.63. The van der Waals surface area contributed by atoms with Gasteiger partial charge in [0.1, 0.15) is 0 Å². The summed E-state index contributed by atoms with van der Waals surface area (Å²) in [7, 11) is -10.1. The second-order valence-corrected chi connectivity index (χ2v) is 35.6. The van der Waals surface area contributed by atoms with Crippen LogP contribution in [0.3, 0.4) is 0 Å². The highest BCUT2D eigenvalue weighted by atomic mass is 35.9. The van der Waals surface area contributed by atoms with Gasteiger partial charge in [0.25, 0.3) is 18.5 Å². The molecule has 0 saturated heterocycles. The molecule has 0 amide bonds. The minimum Gasteiger partial charge on any atom is -0.226 e. The first-order chi connectivity index (χ1) is 28.5. The van der Waals surface area contributed by atoms with Crippen LogP contribution in [0.4, 0.5) is 0 Å². The van der Waals surface area contributed by atoms with Crippen LogP contribution in [0.25, 0.3) is 0 Å². The van der Waals surface area contributed by atoms with E-state index in [0.29, 0.717) is 0 Å². The van der Waals surface area contributed by atoms with Crippen LogP contribution in [0.1, 0.15) is 0 Å². The molecule has 0 aromatic heterocycles. The van der Waals surface area contributed by atoms with Crippen LogP contribution in [-0.4, -0.2) is 0 Å². The van der Waals surface area contributed by atoms with Gasteiger partial charge < -0.3 is 0 Å². The van der Waals surface area contributed by atoms with Gasteiger partial charge in [-0.15, -0.1) is 0 Å². The first-order valence-electron chi connectivity index (χ1n) is 18.2. The van der Waals surface area contributed by atoms with Crippen LogP contribution in [0.5, 0.6) is 0 Å². The van der Waals surface area contributed by atoms with E-state index in [4.69, 9.17) is 78.8 Å². The summed E-state index contributed by atoms with van der Waals surface area (Å²) < 4.78 is 32.3. The number of rotatable bonds is 10. The lowest BCUT2D eigenvalue weighted by atomic mass is 10.4. The van der Waals surface area contributed by atoms with Crippen LogP contribution in [0, 0.1) is 0 Å². The molecule has 1 unspecified atom stereocenters. The van der Waals surface area contributed by atoms with Crippen molar-refractivity contribution >= 4 is 133 Å². The molecule has 17 heteroatoms. The Labute approximate surface area is 370 Å². The van der Waals surface area contributed by atoms with E-state index in [9.17, 15) is 0 Å². The molecule has 6 nitrogen and oxygen atoms in total. The van der Waals surface area contributed by atoms with Crippen molar-refractivity contribution in [1.82, 2.24) is 0 Å². The Bertz CT molecular complexity index is 2580. The van der Waals surface area contributed by atoms with Crippen LogP contribution >= 0.6 is 96.2 Å². The highest BCUT2D eigenvalue weighted by Crippen LogP contribution is 2.89. The third kappa shape index (κ3) is 9.14. The summed E-state index contributed by atoms with van der Waals surface area (Å²) in [5, 5.41) is 6.70. The summed E-state index contributed by atoms with van der Waals surface area (Å²) in [5.41, 5.74) is 0. The quantitative estimate of drug-likeness (QED) is 0.123. The molecule has 0 radical (unpaired) electrons. The van der Waals surface area contributed by atoms with E-state index >= 15 is 0 Å². The van der Waals surface area contributed by atoms with Gasteiger partial charge in [0.05, 0.1) is 14.1 Å². The predicted molar refractivity (Wildman–Crippen MR) is 268 cm³/mol. The molecule has 0 aliphatic carbocycles. The lowest BCUT2D eigenvalue weighted by Crippen LogP contribution is -2.27. The second kappa shape index (κ2) is 18.0. The fraction of sp³-hybridized carbons (Fsp3) is 0. The number of halogens is 5. The van der Waals surface area contributed by atoms with Crippen molar-refractivity contribution < 1.29 is 0 Å². The van der Waals surface area contributed by atoms with Gasteiger partial charge in [0.2, 0.25) is 7.36 Å². The zero-order chi connectivity index (χ0) is 41.0. The Morgan fingerprint density at radius 3 is 0.797 bits per heavy atom. The van der Waals surface area contributed by atoms with Gasteiger partial charge in [-0.3, -0.25) is 0 Å². The van der Waals surface area contributed by atoms with E-state index in [1.54, 1.807) is 0 Å². The lowest BCUT2D eigenvalue weighted by molar-refractivity contribution is 1.62. The summed E-state index contributed by atoms with van der Waals surface area (Å²) in [5.74, 6) is -7.09. The Morgan fingerprint density at radius 1 is 0.305 bits per heavy atom. The number of hydrogen-bond donors (Lipinski definition) is 0. The van der Waals surface area contributed by atoms with Crippen molar-refractivity contribution in [3.63, 3.8) is 0 Å². The van der Waals surface area contributed by atoms with Gasteiger partial charge in [0, 0.05) is 37.1 Å². The van der Waals surface area contributed by atoms with E-state index in [2.05, 4.69) is 77.3 Å². The first kappa shape index (κ1) is 43.0. The van der Waals surface area contributed by atoms with Gasteiger partial charge in [-0.25, -0.2) is 9.03 Å². The highest BCUT2D eigenvalue weighted by Gasteiger charge is 2.41. The maximum absolute atomic E-state index is 7.71. The Balaban J connectivity index is 1.76. The average molecular weight is 987 g/mol. The minimum atomic E-state index is -3.89. The van der Waals surface area contributed by atoms with Crippen LogP contribution in [0.15, 0.2) is 239 Å². The van der Waals surface area contributed by atoms with Gasteiger partial charge in [0.15, 0.2) is 0 Å². The maximum Gasteiger partial charge on any atom is 0.285 e. The third-order valence-electron chi connectivity index (χ3n) is 9.30. The fourth-order valence-electron chi connectivity index (χ4n) is 6.93. The molecule has 1 heterocycles. The highest BCUT2D eigenvalue weighted by molar-refractivity contribution is 8.23. The molecular formula is C42H35Cl5N6P6. The Morgan fingerprint density at radius 2 is 0.542 bits per heavy atom. The smallest absolute Gasteiger partial charge is 0.226 e. The molecule has 298 valence electrons. The van der Waals surface area contributed by atoms with Gasteiger partial charge in [-0.1, -0.05) is 200 Å². The third-order valence-corrected chi connectivity index (χ3v) is 34.6. The summed E-state index contributed by atoms with van der Waals surface area (Å²) in [4.78, 5) is 0. The van der Waals surface area contributed by atoms with Crippen molar-refractivity contribution in [2.24, 2.45) is 27.1 Å². The fourth-order valence-corrected chi connectivity index (χ4v) is 39.9. The molecule has 7 aromatic rings. The molecule has 0 bridgehead atoms. The predicted octanol–water partition coefficient (Wildman–Crippen LogP) is 15.7. The van der Waals surface area contributed by atoms with Gasteiger partial charge in [-0.05, 0) is 68.3 Å². The summed E-state index contributed by atoms with van der Waals surface area (Å²) in [6.07, 6.45) is 0. The van der Waals surface area contributed by atoms with Gasteiger partial charge >= 0.3 is 0 Å². The molecular weight excluding hydrogens is 952 g/mol. The molecule has 0 fully saturated rings. The molecule has 0 N–H and O–H groups in total. The lowest BCUT2D eigenvalue weighted by Gasteiger charge is -2.34. The maximum atomic E-state index is 7.71. The summed E-state index contributed by atoms with van der Waals surface area (Å²) >= 11 is 35.1. The van der Waals surface area contributed by atoms with Crippen LogP contribution in [0.2, 0.25) is 0 Å². The molecule has 8 rings (SSSR count). The number of nitrogens with zero attached hydrogens (tertiary/aromatic N) is 6. The van der Waals surface area contributed by atoms with E-state index in [0.717, 1.165) is 37.1 Å². The zero-order valence-corrected chi connectivity index (χ0v) is 40.1. The largest absolute Gasteiger partial charge is 0.285 e. The van der Waals surface area contributed by atoms with Crippen molar-refractivity contribution in [2.45, 2.75) is 0 Å². The van der Waals surface area contributed by atoms with E-state index in [1.807, 2.05) is 140 Å². The van der Waals surface area contributed by atoms with Crippen LogP contribution < -0.4 is 37.1 Å². The van der Waals surface area contributed by atoms with E-state index in [1.165, 1.54) is 0 Å². The SMILES string of the molecule is ClP1(Cl)=NP(Cl)(Cl)=NP(Cl)(N=P(N=P(c2ccccc2)(c2ccccc2)c2ccccc2)(N=P(c2ccccc2)(c2ccccc2)c2ccccc2)c2ccccc2)=N1. The van der Waals surface area contributed by atoms with E-state index in [-0.39, 0.29) is 0 Å². The normalized spacial score (nSPS) is 17.3. The number of benzene rings is 7. The topological polar surface area (TPSA) is 74.2 Å². The molecule has 0 spiro atoms. The van der Waals surface area contributed by atoms with Gasteiger partial charge in [-0.2, -0.15) is 18.1 Å². The second-order valence-electron chi connectivity index (χ2n) is 13.1. The first-order valence-corrected chi connectivity index (χ1v) is 32.9. The summed E-state index contributed by atoms with van der Waals surface area (Å²) in [6.45, 7) is -3.89. The molecule has 1 atom stereocenters. The summed E-state index contributed by atoms with van der Waals surface area (Å²) in [6, 6.07) is 72.1. The van der Waals surface area contributed by atoms with Crippen molar-refractivity contribution in [3.05, 3.63) is 212 Å². The molecule has 1 aliphatic heterocycles. The monoisotopic (exact) mass is 984 g/mol. The number of hydrogen-bond acceptors (Lipinski definition) is 4. The molecule has 59 heavy (non-hydrogen) atoms. The van der Waals surface area contributed by atoms with Crippen molar-refractivity contribution in [3.8, 4) is 0 Å². The van der Waals surface area contributed by atoms with Crippen molar-refractivity contribution in [2.75, 3.05) is 0 Å². The molecule has 0 saturated carbocycles. The molecule has 1 aliphatic rings. The van der Waals surface area contributed by atoms with E-state index < -0.39 is 40.0 Å². The average Bonchev–Trinajstić information content (AvgIpc) is 3.25. The van der Waals surface area contributed by atoms with Crippen LogP contribution in [-0.2, 0) is 0 Å². The standard InChI is InChI=1S/C42H35Cl5N6P6/c43-57(44)51-58(45,46)53-59(47,52-57)50-56(42-34-20-7-21-35-42,48-54(36-22-8-1-9-23-36,37-24-10-2-11-25-37)38-26-12-3-13-27-38)49-55(39-28-14-4-15-29-39,40-30-16-5-17-31-40)41-32-18-6-19-33-41/h1-35H. The molecule has 7 aromatic carbocycles. The zero-order valence-electron chi connectivity index (χ0n) is 31.0.